The molecular formula is C46H86O3Si3. The van der Waals surface area contributed by atoms with E-state index >= 15 is 0 Å². The molecule has 3 aliphatic carbocycles. The highest BCUT2D eigenvalue weighted by molar-refractivity contribution is 6.75. The summed E-state index contributed by atoms with van der Waals surface area (Å²) in [7, 11) is -5.72. The van der Waals surface area contributed by atoms with Gasteiger partial charge in [-0.1, -0.05) is 120 Å². The lowest BCUT2D eigenvalue weighted by Crippen LogP contribution is -2.50. The van der Waals surface area contributed by atoms with Crippen molar-refractivity contribution >= 4 is 25.0 Å². The molecule has 3 aliphatic rings. The predicted molar refractivity (Wildman–Crippen MR) is 237 cm³/mol. The van der Waals surface area contributed by atoms with Crippen LogP contribution in [0.4, 0.5) is 0 Å². The molecule has 0 bridgehead atoms. The fourth-order valence-electron chi connectivity index (χ4n) is 9.54. The molecule has 300 valence electrons. The van der Waals surface area contributed by atoms with Gasteiger partial charge in [0.1, 0.15) is 0 Å². The Balaban J connectivity index is 1.83. The van der Waals surface area contributed by atoms with Crippen LogP contribution in [0.1, 0.15) is 148 Å². The van der Waals surface area contributed by atoms with Gasteiger partial charge in [-0.3, -0.25) is 0 Å². The van der Waals surface area contributed by atoms with E-state index in [9.17, 15) is 0 Å². The quantitative estimate of drug-likeness (QED) is 0.123. The number of hydrogen-bond donors (Lipinski definition) is 0. The van der Waals surface area contributed by atoms with Gasteiger partial charge in [-0.15, -0.1) is 0 Å². The Morgan fingerprint density at radius 1 is 0.846 bits per heavy atom. The van der Waals surface area contributed by atoms with Gasteiger partial charge < -0.3 is 13.3 Å². The molecule has 0 N–H and O–H groups in total. The number of rotatable bonds is 15. The summed E-state index contributed by atoms with van der Waals surface area (Å²) >= 11 is 0. The van der Waals surface area contributed by atoms with Crippen molar-refractivity contribution in [1.29, 1.82) is 0 Å². The lowest BCUT2D eigenvalue weighted by Gasteiger charge is -2.46. The second kappa shape index (κ2) is 16.9. The largest absolute Gasteiger partial charge is 0.412 e. The minimum Gasteiger partial charge on any atom is -0.412 e. The Morgan fingerprint density at radius 2 is 1.40 bits per heavy atom. The second-order valence-electron chi connectivity index (χ2n) is 21.4. The molecule has 3 saturated carbocycles. The Kier molecular flexibility index (Phi) is 14.9. The van der Waals surface area contributed by atoms with Crippen molar-refractivity contribution in [1.82, 2.24) is 0 Å². The molecule has 6 atom stereocenters. The van der Waals surface area contributed by atoms with Gasteiger partial charge in [0.05, 0.1) is 17.8 Å². The molecule has 0 heterocycles. The first kappa shape index (κ1) is 45.9. The van der Waals surface area contributed by atoms with Crippen molar-refractivity contribution in [3.63, 3.8) is 0 Å². The average Bonchev–Trinajstić information content (AvgIpc) is 3.39. The summed E-state index contributed by atoms with van der Waals surface area (Å²) in [5, 5.41) is 0.231. The highest BCUT2D eigenvalue weighted by atomic mass is 28.4. The van der Waals surface area contributed by atoms with Crippen molar-refractivity contribution in [2.24, 2.45) is 23.2 Å². The third kappa shape index (κ3) is 10.3. The van der Waals surface area contributed by atoms with E-state index in [2.05, 4.69) is 135 Å². The van der Waals surface area contributed by atoms with Crippen molar-refractivity contribution in [2.45, 2.75) is 220 Å². The third-order valence-electron chi connectivity index (χ3n) is 15.4. The molecular weight excluding hydrogens is 685 g/mol. The zero-order valence-electron chi connectivity index (χ0n) is 37.7. The molecule has 0 saturated heterocycles. The van der Waals surface area contributed by atoms with Crippen LogP contribution in [0.2, 0.25) is 54.4 Å². The standard InChI is InChI=1S/C46H86O3Si3/c1-20-52(21-2,22-3)49-45(13,14)31-23-25-34(4)39-29-30-40-37(26-24-32-46(39,40)15)27-28-38-33-41(47-50(16,17)43(7,8)9)36(6)42(35(38)5)48-51(18,19)44(10,11)12/h27-28,34,39-42H,5-6,20-26,29-33H2,1-4,7-19H3/b37-27?,38-28-/t34-,39-,40?,41-,42+,46-/m1/s1. The van der Waals surface area contributed by atoms with E-state index in [1.54, 1.807) is 5.57 Å². The zero-order valence-corrected chi connectivity index (χ0v) is 40.7. The highest BCUT2D eigenvalue weighted by Crippen LogP contribution is 2.60. The minimum absolute atomic E-state index is 0.0106. The summed E-state index contributed by atoms with van der Waals surface area (Å²) in [6.07, 6.45) is 15.9. The molecule has 0 spiro atoms. The highest BCUT2D eigenvalue weighted by Gasteiger charge is 2.51. The Morgan fingerprint density at radius 3 is 1.94 bits per heavy atom. The fourth-order valence-corrected chi connectivity index (χ4v) is 15.3. The Labute approximate surface area is 327 Å². The topological polar surface area (TPSA) is 27.7 Å². The van der Waals surface area contributed by atoms with E-state index < -0.39 is 25.0 Å². The molecule has 1 unspecified atom stereocenters. The van der Waals surface area contributed by atoms with Gasteiger partial charge in [0.15, 0.2) is 25.0 Å². The second-order valence-corrected chi connectivity index (χ2v) is 35.6. The Bertz CT molecular complexity index is 1300. The van der Waals surface area contributed by atoms with Crippen molar-refractivity contribution in [3.05, 3.63) is 47.6 Å². The number of hydrogen-bond acceptors (Lipinski definition) is 3. The van der Waals surface area contributed by atoms with Crippen LogP contribution in [0.3, 0.4) is 0 Å². The molecule has 0 radical (unpaired) electrons. The van der Waals surface area contributed by atoms with Gasteiger partial charge >= 0.3 is 0 Å². The van der Waals surface area contributed by atoms with E-state index in [-0.39, 0.29) is 27.9 Å². The van der Waals surface area contributed by atoms with Gasteiger partial charge in [0, 0.05) is 6.42 Å². The van der Waals surface area contributed by atoms with Gasteiger partial charge in [-0.05, 0) is 147 Å². The maximum Gasteiger partial charge on any atom is 0.193 e. The molecule has 3 fully saturated rings. The summed E-state index contributed by atoms with van der Waals surface area (Å²) in [6.45, 7) is 49.8. The average molecular weight is 771 g/mol. The summed E-state index contributed by atoms with van der Waals surface area (Å²) in [5.41, 5.74) is 5.52. The summed E-state index contributed by atoms with van der Waals surface area (Å²) in [6, 6.07) is 3.69. The van der Waals surface area contributed by atoms with Gasteiger partial charge in [-0.25, -0.2) is 0 Å². The SMILES string of the molecule is C=C1/C(=C\C=C2CCC[C@@]3(C)C2CC[C@@H]3[C@H](C)CCCC(C)(C)O[Si](CC)(CC)CC)C[C@@H](O[Si](C)(C)C(C)(C)C)C(=C)[C@H]1O[Si](C)(C)C(C)(C)C. The predicted octanol–water partition coefficient (Wildman–Crippen LogP) is 15.0. The molecule has 3 nitrogen and oxygen atoms in total. The third-order valence-corrected chi connectivity index (χ3v) is 29.2. The van der Waals surface area contributed by atoms with Crippen molar-refractivity contribution in [3.8, 4) is 0 Å². The maximum absolute atomic E-state index is 7.15. The van der Waals surface area contributed by atoms with Crippen LogP contribution < -0.4 is 0 Å². The van der Waals surface area contributed by atoms with Crippen molar-refractivity contribution < 1.29 is 13.3 Å². The first-order chi connectivity index (χ1) is 23.7. The normalized spacial score (nSPS) is 29.2. The van der Waals surface area contributed by atoms with Crippen LogP contribution in [0.5, 0.6) is 0 Å². The molecule has 0 aromatic rings. The summed E-state index contributed by atoms with van der Waals surface area (Å²) < 4.78 is 21.3. The molecule has 52 heavy (non-hydrogen) atoms. The van der Waals surface area contributed by atoms with E-state index in [4.69, 9.17) is 19.9 Å². The molecule has 0 amide bonds. The number of fused-ring (bicyclic) bond motifs is 1. The van der Waals surface area contributed by atoms with Gasteiger partial charge in [0.2, 0.25) is 0 Å². The van der Waals surface area contributed by atoms with Crippen LogP contribution in [0, 0.1) is 23.2 Å². The summed E-state index contributed by atoms with van der Waals surface area (Å²) in [4.78, 5) is 0. The summed E-state index contributed by atoms with van der Waals surface area (Å²) in [5.74, 6) is 2.23. The van der Waals surface area contributed by atoms with E-state index in [1.165, 1.54) is 75.1 Å². The first-order valence-corrected chi connectivity index (χ1v) is 29.9. The first-order valence-electron chi connectivity index (χ1n) is 21.5. The van der Waals surface area contributed by atoms with E-state index in [0.29, 0.717) is 11.3 Å². The molecule has 3 rings (SSSR count). The van der Waals surface area contributed by atoms with Crippen LogP contribution in [-0.2, 0) is 13.3 Å². The van der Waals surface area contributed by atoms with Crippen molar-refractivity contribution in [2.75, 3.05) is 0 Å². The smallest absolute Gasteiger partial charge is 0.193 e. The van der Waals surface area contributed by atoms with Crippen LogP contribution in [0.15, 0.2) is 47.6 Å². The lowest BCUT2D eigenvalue weighted by molar-refractivity contribution is 0.0704. The van der Waals surface area contributed by atoms with Gasteiger partial charge in [0.25, 0.3) is 0 Å². The molecule has 0 aromatic carbocycles. The Hall–Kier alpha value is -0.509. The van der Waals surface area contributed by atoms with E-state index in [1.807, 2.05) is 0 Å². The molecule has 0 aliphatic heterocycles. The lowest BCUT2D eigenvalue weighted by atomic mass is 9.60. The minimum atomic E-state index is -2.08. The van der Waals surface area contributed by atoms with Gasteiger partial charge in [-0.2, -0.15) is 0 Å². The zero-order chi connectivity index (χ0) is 39.7. The molecule has 6 heteroatoms. The number of allylic oxidation sites excluding steroid dienone is 3. The van der Waals surface area contributed by atoms with E-state index in [0.717, 1.165) is 29.4 Å². The van der Waals surface area contributed by atoms with Crippen LogP contribution in [0.25, 0.3) is 0 Å². The monoisotopic (exact) mass is 771 g/mol. The maximum atomic E-state index is 7.15. The fraction of sp³-hybridized carbons (Fsp3) is 0.826. The van der Waals surface area contributed by atoms with Crippen LogP contribution >= 0.6 is 0 Å². The molecule has 0 aromatic heterocycles. The van der Waals surface area contributed by atoms with Crippen LogP contribution in [-0.4, -0.2) is 42.8 Å².